The van der Waals surface area contributed by atoms with Crippen molar-refractivity contribution in [1.29, 1.82) is 0 Å². The highest BCUT2D eigenvalue weighted by Gasteiger charge is 2.54. The van der Waals surface area contributed by atoms with E-state index in [4.69, 9.17) is 24.7 Å². The Balaban J connectivity index is 1.61. The largest absolute Gasteiger partial charge is 0.509 e. The molecule has 0 aliphatic carbocycles. The van der Waals surface area contributed by atoms with Crippen LogP contribution in [0.15, 0.2) is 30.3 Å². The molecule has 2 saturated heterocycles. The lowest BCUT2D eigenvalue weighted by Gasteiger charge is -2.17. The van der Waals surface area contributed by atoms with Gasteiger partial charge in [-0.2, -0.15) is 0 Å². The van der Waals surface area contributed by atoms with Crippen molar-refractivity contribution < 1.29 is 28.5 Å². The average molecular weight is 308 g/mol. The number of benzene rings is 1. The molecule has 0 aromatic heterocycles. The van der Waals surface area contributed by atoms with E-state index in [1.54, 1.807) is 0 Å². The van der Waals surface area contributed by atoms with E-state index in [1.807, 2.05) is 30.3 Å². The molecule has 2 amide bonds. The molecular weight excluding hydrogens is 292 g/mol. The fourth-order valence-corrected chi connectivity index (χ4v) is 2.46. The lowest BCUT2D eigenvalue weighted by Crippen LogP contribution is -2.41. The third-order valence-corrected chi connectivity index (χ3v) is 3.47. The normalized spacial score (nSPS) is 29.5. The number of carbonyl (C=O) groups is 2. The van der Waals surface area contributed by atoms with E-state index < -0.39 is 36.8 Å². The van der Waals surface area contributed by atoms with E-state index in [0.29, 0.717) is 6.61 Å². The molecule has 1 aromatic rings. The van der Waals surface area contributed by atoms with Crippen molar-refractivity contribution in [3.05, 3.63) is 35.9 Å². The first-order valence-corrected chi connectivity index (χ1v) is 6.85. The van der Waals surface area contributed by atoms with Gasteiger partial charge in [0, 0.05) is 6.54 Å². The number of urea groups is 1. The lowest BCUT2D eigenvalue weighted by atomic mass is 10.1. The molecule has 0 saturated carbocycles. The van der Waals surface area contributed by atoms with Gasteiger partial charge in [-0.1, -0.05) is 30.3 Å². The maximum absolute atomic E-state index is 11.3. The summed E-state index contributed by atoms with van der Waals surface area (Å²) in [5, 5.41) is 2.42. The molecule has 3 rings (SSSR count). The van der Waals surface area contributed by atoms with Gasteiger partial charge in [0.1, 0.15) is 6.10 Å². The van der Waals surface area contributed by atoms with E-state index in [-0.39, 0.29) is 6.54 Å². The Labute approximate surface area is 126 Å². The Morgan fingerprint density at radius 3 is 2.68 bits per heavy atom. The van der Waals surface area contributed by atoms with Gasteiger partial charge in [-0.15, -0.1) is 0 Å². The Morgan fingerprint density at radius 1 is 1.23 bits per heavy atom. The zero-order valence-corrected chi connectivity index (χ0v) is 11.6. The molecule has 4 atom stereocenters. The Kier molecular flexibility index (Phi) is 4.12. The van der Waals surface area contributed by atoms with Gasteiger partial charge < -0.3 is 30.0 Å². The summed E-state index contributed by atoms with van der Waals surface area (Å²) in [7, 11) is 0. The highest BCUT2D eigenvalue weighted by molar-refractivity contribution is 5.71. The number of fused-ring (bicyclic) bond motifs is 1. The second kappa shape index (κ2) is 6.20. The molecule has 2 heterocycles. The molecule has 2 aliphatic rings. The van der Waals surface area contributed by atoms with Crippen molar-refractivity contribution in [1.82, 2.24) is 5.32 Å². The molecule has 0 spiro atoms. The van der Waals surface area contributed by atoms with Gasteiger partial charge in [0.05, 0.1) is 6.61 Å². The molecule has 8 nitrogen and oxygen atoms in total. The molecule has 2 aliphatic heterocycles. The summed E-state index contributed by atoms with van der Waals surface area (Å²) in [6.07, 6.45) is -3.37. The van der Waals surface area contributed by atoms with E-state index >= 15 is 0 Å². The van der Waals surface area contributed by atoms with Crippen LogP contribution in [0, 0.1) is 0 Å². The zero-order valence-electron chi connectivity index (χ0n) is 11.6. The fraction of sp³-hybridized carbons (Fsp3) is 0.429. The predicted octanol–water partition coefficient (Wildman–Crippen LogP) is 0.500. The van der Waals surface area contributed by atoms with Gasteiger partial charge in [-0.05, 0) is 5.56 Å². The Bertz CT molecular complexity index is 552. The first-order valence-electron chi connectivity index (χ1n) is 6.85. The van der Waals surface area contributed by atoms with E-state index in [0.717, 1.165) is 5.56 Å². The summed E-state index contributed by atoms with van der Waals surface area (Å²) in [6.45, 7) is 0.417. The van der Waals surface area contributed by atoms with Crippen molar-refractivity contribution in [3.63, 3.8) is 0 Å². The third kappa shape index (κ3) is 3.12. The van der Waals surface area contributed by atoms with Gasteiger partial charge in [-0.25, -0.2) is 9.59 Å². The van der Waals surface area contributed by atoms with Gasteiger partial charge in [0.2, 0.25) is 0 Å². The minimum absolute atomic E-state index is 0.109. The summed E-state index contributed by atoms with van der Waals surface area (Å²) in [6, 6.07) is 8.85. The average Bonchev–Trinajstić information content (AvgIpc) is 3.02. The molecule has 22 heavy (non-hydrogen) atoms. The van der Waals surface area contributed by atoms with E-state index in [2.05, 4.69) is 5.32 Å². The van der Waals surface area contributed by atoms with Crippen LogP contribution in [0.25, 0.3) is 0 Å². The highest BCUT2D eigenvalue weighted by atomic mass is 16.8. The van der Waals surface area contributed by atoms with Crippen LogP contribution in [0.4, 0.5) is 9.59 Å². The van der Waals surface area contributed by atoms with Crippen molar-refractivity contribution in [2.24, 2.45) is 5.73 Å². The van der Waals surface area contributed by atoms with E-state index in [9.17, 15) is 9.59 Å². The van der Waals surface area contributed by atoms with Crippen LogP contribution in [0.2, 0.25) is 0 Å². The van der Waals surface area contributed by atoms with Crippen LogP contribution < -0.4 is 11.1 Å². The smallest absolute Gasteiger partial charge is 0.424 e. The molecule has 0 radical (unpaired) electrons. The Morgan fingerprint density at radius 2 is 1.95 bits per heavy atom. The number of hydrogen-bond acceptors (Lipinski definition) is 6. The van der Waals surface area contributed by atoms with Gasteiger partial charge in [-0.3, -0.25) is 0 Å². The number of primary amides is 1. The number of amides is 2. The summed E-state index contributed by atoms with van der Waals surface area (Å²) in [4.78, 5) is 22.1. The van der Waals surface area contributed by atoms with Gasteiger partial charge in [0.15, 0.2) is 18.5 Å². The summed E-state index contributed by atoms with van der Waals surface area (Å²) in [5.41, 5.74) is 5.99. The van der Waals surface area contributed by atoms with Gasteiger partial charge in [0.25, 0.3) is 0 Å². The summed E-state index contributed by atoms with van der Waals surface area (Å²) in [5.74, 6) is 0. The van der Waals surface area contributed by atoms with Crippen LogP contribution in [-0.2, 0) is 25.6 Å². The Hall–Kier alpha value is -2.32. The second-order valence-electron chi connectivity index (χ2n) is 5.00. The van der Waals surface area contributed by atoms with Crippen molar-refractivity contribution in [2.75, 3.05) is 6.54 Å². The molecule has 0 bridgehead atoms. The topological polar surface area (TPSA) is 109 Å². The molecule has 8 heteroatoms. The molecule has 1 aromatic carbocycles. The molecular formula is C14H16N2O6. The lowest BCUT2D eigenvalue weighted by molar-refractivity contribution is -0.172. The molecule has 3 N–H and O–H groups in total. The maximum atomic E-state index is 11.3. The van der Waals surface area contributed by atoms with Gasteiger partial charge >= 0.3 is 12.2 Å². The van der Waals surface area contributed by atoms with Crippen LogP contribution in [-0.4, -0.2) is 43.3 Å². The van der Waals surface area contributed by atoms with Crippen molar-refractivity contribution in [3.8, 4) is 0 Å². The number of ether oxygens (including phenoxy) is 4. The number of hydrogen-bond donors (Lipinski definition) is 2. The fourth-order valence-electron chi connectivity index (χ4n) is 2.46. The first kappa shape index (κ1) is 14.6. The highest BCUT2D eigenvalue weighted by Crippen LogP contribution is 2.32. The molecule has 1 unspecified atom stereocenters. The number of rotatable bonds is 5. The quantitative estimate of drug-likeness (QED) is 0.767. The van der Waals surface area contributed by atoms with Crippen LogP contribution in [0.1, 0.15) is 5.56 Å². The minimum Gasteiger partial charge on any atom is -0.424 e. The van der Waals surface area contributed by atoms with Crippen LogP contribution >= 0.6 is 0 Å². The summed E-state index contributed by atoms with van der Waals surface area (Å²) < 4.78 is 21.4. The monoisotopic (exact) mass is 308 g/mol. The predicted molar refractivity (Wildman–Crippen MR) is 72.6 cm³/mol. The molecule has 2 fully saturated rings. The van der Waals surface area contributed by atoms with Crippen LogP contribution in [0.3, 0.4) is 0 Å². The van der Waals surface area contributed by atoms with Crippen molar-refractivity contribution >= 4 is 12.2 Å². The minimum atomic E-state index is -0.768. The van der Waals surface area contributed by atoms with Crippen LogP contribution in [0.5, 0.6) is 0 Å². The number of nitrogens with one attached hydrogen (secondary N) is 1. The van der Waals surface area contributed by atoms with E-state index in [1.165, 1.54) is 0 Å². The second-order valence-corrected chi connectivity index (χ2v) is 5.00. The summed E-state index contributed by atoms with van der Waals surface area (Å²) >= 11 is 0. The SMILES string of the molecule is NC(=O)NCC1O[C@@H](OCc2ccccc2)[C@@H]2OC(=O)O[C@H]12. The standard InChI is InChI=1S/C14H16N2O6/c15-13(17)16-6-9-10-11(22-14(18)21-10)12(20-9)19-7-8-4-2-1-3-5-8/h1-5,9-12H,6-7H2,(H3,15,16,17)/t9?,10-,11-,12-/m1/s1. The third-order valence-electron chi connectivity index (χ3n) is 3.47. The molecule has 118 valence electrons. The zero-order chi connectivity index (χ0) is 15.5. The van der Waals surface area contributed by atoms with Crippen molar-refractivity contribution in [2.45, 2.75) is 31.2 Å². The first-order chi connectivity index (χ1) is 10.6. The number of nitrogens with two attached hydrogens (primary N) is 1. The number of carbonyl (C=O) groups excluding carboxylic acids is 2. The maximum Gasteiger partial charge on any atom is 0.509 e.